The van der Waals surface area contributed by atoms with Crippen LogP contribution in [0, 0.1) is 5.41 Å². The molecule has 0 aliphatic carbocycles. The molecule has 3 aliphatic heterocycles. The molecule has 4 rings (SSSR count). The monoisotopic (exact) mass is 386 g/mol. The molecule has 3 heterocycles. The molecule has 7 nitrogen and oxygen atoms in total. The van der Waals surface area contributed by atoms with E-state index in [2.05, 4.69) is 10.9 Å². The van der Waals surface area contributed by atoms with Crippen molar-refractivity contribution in [3.8, 4) is 5.75 Å². The van der Waals surface area contributed by atoms with Crippen LogP contribution in [0.15, 0.2) is 24.3 Å². The number of hydrogen-bond donors (Lipinski definition) is 3. The van der Waals surface area contributed by atoms with Crippen molar-refractivity contribution in [2.45, 2.75) is 51.1 Å². The number of hydrazine groups is 1. The minimum absolute atomic E-state index is 0.0426. The third-order valence-corrected chi connectivity index (χ3v) is 6.62. The second-order valence-corrected chi connectivity index (χ2v) is 8.46. The number of phenolic OH excluding ortho intramolecular Hbond substituents is 1. The van der Waals surface area contributed by atoms with Gasteiger partial charge in [0.2, 0.25) is 11.8 Å². The fourth-order valence-corrected chi connectivity index (χ4v) is 5.04. The van der Waals surface area contributed by atoms with Crippen LogP contribution in [0.25, 0.3) is 0 Å². The molecule has 3 aliphatic rings. The molecule has 3 unspecified atom stereocenters. The quantitative estimate of drug-likeness (QED) is 0.734. The van der Waals surface area contributed by atoms with Gasteiger partial charge in [0.25, 0.3) is 0 Å². The van der Waals surface area contributed by atoms with Crippen LogP contribution in [0.1, 0.15) is 50.6 Å². The Morgan fingerprint density at radius 2 is 2.07 bits per heavy atom. The third-order valence-electron chi connectivity index (χ3n) is 6.62. The molecule has 0 aromatic heterocycles. The van der Waals surface area contributed by atoms with E-state index in [1.165, 1.54) is 0 Å². The van der Waals surface area contributed by atoms with E-state index in [4.69, 9.17) is 0 Å². The highest BCUT2D eigenvalue weighted by atomic mass is 16.3. The van der Waals surface area contributed by atoms with Gasteiger partial charge in [-0.15, -0.1) is 0 Å². The van der Waals surface area contributed by atoms with Crippen LogP contribution < -0.4 is 10.9 Å². The van der Waals surface area contributed by atoms with Crippen LogP contribution in [0.3, 0.4) is 0 Å². The molecule has 3 N–H and O–H groups in total. The summed E-state index contributed by atoms with van der Waals surface area (Å²) in [5, 5.41) is 10.1. The lowest BCUT2D eigenvalue weighted by molar-refractivity contribution is -0.143. The van der Waals surface area contributed by atoms with E-state index in [1.54, 1.807) is 12.1 Å². The van der Waals surface area contributed by atoms with Crippen LogP contribution in [0.4, 0.5) is 0 Å². The topological polar surface area (TPSA) is 84.9 Å². The van der Waals surface area contributed by atoms with Crippen LogP contribution in [0.2, 0.25) is 0 Å². The lowest BCUT2D eigenvalue weighted by Gasteiger charge is -2.48. The Morgan fingerprint density at radius 1 is 1.25 bits per heavy atom. The van der Waals surface area contributed by atoms with Gasteiger partial charge in [0, 0.05) is 43.6 Å². The minimum Gasteiger partial charge on any atom is -0.508 e. The van der Waals surface area contributed by atoms with Gasteiger partial charge in [-0.05, 0) is 38.7 Å². The van der Waals surface area contributed by atoms with Crippen molar-refractivity contribution >= 4 is 11.8 Å². The molecule has 1 aromatic carbocycles. The summed E-state index contributed by atoms with van der Waals surface area (Å²) in [4.78, 5) is 29.2. The fourth-order valence-electron chi connectivity index (χ4n) is 5.04. The molecule has 3 fully saturated rings. The maximum atomic E-state index is 13.2. The predicted molar refractivity (Wildman–Crippen MR) is 105 cm³/mol. The number of phenols is 1. The summed E-state index contributed by atoms with van der Waals surface area (Å²) in [6.07, 6.45) is 4.15. The summed E-state index contributed by atoms with van der Waals surface area (Å²) in [5.74, 6) is 0.603. The van der Waals surface area contributed by atoms with Crippen molar-refractivity contribution in [3.05, 3.63) is 29.8 Å². The number of para-hydroxylation sites is 1. The van der Waals surface area contributed by atoms with E-state index in [0.717, 1.165) is 51.0 Å². The highest BCUT2D eigenvalue weighted by Gasteiger charge is 2.44. The number of carbonyl (C=O) groups is 2. The number of rotatable bonds is 3. The number of aromatic hydroxyl groups is 1. The second kappa shape index (κ2) is 7.72. The van der Waals surface area contributed by atoms with Gasteiger partial charge in [0.15, 0.2) is 0 Å². The average molecular weight is 386 g/mol. The normalized spacial score (nSPS) is 30.8. The second-order valence-electron chi connectivity index (χ2n) is 8.46. The van der Waals surface area contributed by atoms with Crippen LogP contribution >= 0.6 is 0 Å². The Kier molecular flexibility index (Phi) is 5.29. The van der Waals surface area contributed by atoms with Crippen LogP contribution in [0.5, 0.6) is 5.75 Å². The summed E-state index contributed by atoms with van der Waals surface area (Å²) in [6.45, 7) is 5.04. The van der Waals surface area contributed by atoms with Gasteiger partial charge in [0.05, 0.1) is 6.04 Å². The van der Waals surface area contributed by atoms with Crippen molar-refractivity contribution in [2.75, 3.05) is 26.2 Å². The molecule has 0 bridgehead atoms. The summed E-state index contributed by atoms with van der Waals surface area (Å²) in [5.41, 5.74) is 7.15. The first-order valence-corrected chi connectivity index (χ1v) is 10.4. The van der Waals surface area contributed by atoms with Crippen molar-refractivity contribution in [3.63, 3.8) is 0 Å². The summed E-state index contributed by atoms with van der Waals surface area (Å²) in [7, 11) is 0. The first-order valence-electron chi connectivity index (χ1n) is 10.4. The molecular weight excluding hydrogens is 356 g/mol. The number of amides is 2. The van der Waals surface area contributed by atoms with Crippen molar-refractivity contribution in [2.24, 2.45) is 5.41 Å². The summed E-state index contributed by atoms with van der Waals surface area (Å²) in [6, 6.07) is 6.86. The first-order chi connectivity index (χ1) is 13.5. The summed E-state index contributed by atoms with van der Waals surface area (Å²) >= 11 is 0. The molecule has 7 heteroatoms. The van der Waals surface area contributed by atoms with E-state index < -0.39 is 0 Å². The van der Waals surface area contributed by atoms with Gasteiger partial charge < -0.3 is 14.9 Å². The number of benzene rings is 1. The molecule has 1 spiro atoms. The van der Waals surface area contributed by atoms with Gasteiger partial charge in [0.1, 0.15) is 11.8 Å². The Bertz CT molecular complexity index is 755. The predicted octanol–water partition coefficient (Wildman–Crippen LogP) is 1.55. The standard InChI is InChI=1S/C21H30N4O3/c1-2-24-13-21(10-8-19(24)27)9-5-11-25(14-21)20(28)17-12-16(22-23-17)15-6-3-4-7-18(15)26/h3-4,6-7,16-17,22-23,26H,2,5,8-14H2,1H3. The Labute approximate surface area is 166 Å². The zero-order valence-electron chi connectivity index (χ0n) is 16.5. The molecule has 28 heavy (non-hydrogen) atoms. The zero-order chi connectivity index (χ0) is 19.7. The van der Waals surface area contributed by atoms with Crippen molar-refractivity contribution in [1.82, 2.24) is 20.7 Å². The molecule has 1 aromatic rings. The summed E-state index contributed by atoms with van der Waals surface area (Å²) < 4.78 is 0. The van der Waals surface area contributed by atoms with Crippen LogP contribution in [-0.4, -0.2) is 58.9 Å². The SMILES string of the molecule is CCN1CC2(CCCN(C(=O)C3CC(c4ccccc4O)NN3)C2)CCC1=O. The highest BCUT2D eigenvalue weighted by molar-refractivity contribution is 5.82. The largest absolute Gasteiger partial charge is 0.508 e. The maximum Gasteiger partial charge on any atom is 0.241 e. The van der Waals surface area contributed by atoms with Gasteiger partial charge in [-0.25, -0.2) is 10.9 Å². The zero-order valence-corrected chi connectivity index (χ0v) is 16.5. The number of nitrogens with one attached hydrogen (secondary N) is 2. The molecule has 3 saturated heterocycles. The number of carbonyl (C=O) groups excluding carboxylic acids is 2. The molecule has 0 radical (unpaired) electrons. The molecule has 3 atom stereocenters. The van der Waals surface area contributed by atoms with Crippen molar-refractivity contribution < 1.29 is 14.7 Å². The number of piperidine rings is 2. The number of nitrogens with zero attached hydrogens (tertiary/aromatic N) is 2. The fraction of sp³-hybridized carbons (Fsp3) is 0.619. The van der Waals surface area contributed by atoms with E-state index >= 15 is 0 Å². The highest BCUT2D eigenvalue weighted by Crippen LogP contribution is 2.39. The molecule has 0 saturated carbocycles. The Morgan fingerprint density at radius 3 is 2.86 bits per heavy atom. The van der Waals surface area contributed by atoms with Crippen LogP contribution in [-0.2, 0) is 9.59 Å². The van der Waals surface area contributed by atoms with E-state index in [-0.39, 0.29) is 35.1 Å². The smallest absolute Gasteiger partial charge is 0.241 e. The Balaban J connectivity index is 1.41. The average Bonchev–Trinajstić information content (AvgIpc) is 3.20. The number of hydrogen-bond acceptors (Lipinski definition) is 5. The third kappa shape index (κ3) is 3.61. The van der Waals surface area contributed by atoms with E-state index in [0.29, 0.717) is 12.8 Å². The van der Waals surface area contributed by atoms with Gasteiger partial charge in [-0.3, -0.25) is 9.59 Å². The Hall–Kier alpha value is -2.12. The molecule has 2 amide bonds. The van der Waals surface area contributed by atoms with Gasteiger partial charge in [-0.1, -0.05) is 18.2 Å². The number of likely N-dealkylation sites (tertiary alicyclic amines) is 2. The maximum absolute atomic E-state index is 13.2. The minimum atomic E-state index is -0.299. The molecular formula is C21H30N4O3. The lowest BCUT2D eigenvalue weighted by Crippen LogP contribution is -2.57. The van der Waals surface area contributed by atoms with Gasteiger partial charge >= 0.3 is 0 Å². The van der Waals surface area contributed by atoms with Crippen molar-refractivity contribution in [1.29, 1.82) is 0 Å². The first kappa shape index (κ1) is 19.2. The van der Waals surface area contributed by atoms with E-state index in [9.17, 15) is 14.7 Å². The lowest BCUT2D eigenvalue weighted by atomic mass is 9.73. The van der Waals surface area contributed by atoms with Gasteiger partial charge in [-0.2, -0.15) is 0 Å². The van der Waals surface area contributed by atoms with E-state index in [1.807, 2.05) is 28.9 Å². The molecule has 152 valence electrons.